The number of hydrogen-bond acceptors (Lipinski definition) is 3. The maximum Gasteiger partial charge on any atom is 0.0766 e. The molecule has 0 bridgehead atoms. The van der Waals surface area contributed by atoms with Crippen molar-refractivity contribution >= 4 is 15.9 Å². The van der Waals surface area contributed by atoms with E-state index in [1.54, 1.807) is 0 Å². The van der Waals surface area contributed by atoms with Crippen molar-refractivity contribution in [3.05, 3.63) is 46.0 Å². The molecule has 0 radical (unpaired) electrons. The molecule has 0 aliphatic carbocycles. The summed E-state index contributed by atoms with van der Waals surface area (Å²) in [6.07, 6.45) is 7.80. The molecule has 0 saturated heterocycles. The van der Waals surface area contributed by atoms with Crippen molar-refractivity contribution in [1.29, 1.82) is 0 Å². The Kier molecular flexibility index (Phi) is 5.94. The lowest BCUT2D eigenvalue weighted by Crippen LogP contribution is -2.29. The van der Waals surface area contributed by atoms with Gasteiger partial charge in [-0.1, -0.05) is 6.92 Å². The lowest BCUT2D eigenvalue weighted by molar-refractivity contribution is 0.502. The second-order valence-corrected chi connectivity index (χ2v) is 6.06. The van der Waals surface area contributed by atoms with Crippen LogP contribution in [0.5, 0.6) is 0 Å². The Morgan fingerprint density at radius 2 is 2.05 bits per heavy atom. The highest BCUT2D eigenvalue weighted by Gasteiger charge is 2.16. The topological polar surface area (TPSA) is 42.7 Å². The fourth-order valence-corrected chi connectivity index (χ4v) is 3.29. The number of aromatic nitrogens is 3. The molecule has 1 N–H and O–H groups in total. The highest BCUT2D eigenvalue weighted by Crippen LogP contribution is 2.23. The molecule has 0 saturated carbocycles. The smallest absolute Gasteiger partial charge is 0.0766 e. The lowest BCUT2D eigenvalue weighted by Gasteiger charge is -2.16. The Bertz CT molecular complexity index is 565. The van der Waals surface area contributed by atoms with E-state index in [-0.39, 0.29) is 0 Å². The summed E-state index contributed by atoms with van der Waals surface area (Å²) >= 11 is 3.70. The second kappa shape index (κ2) is 7.71. The minimum atomic E-state index is 0.439. The molecule has 0 fully saturated rings. The van der Waals surface area contributed by atoms with Gasteiger partial charge in [-0.05, 0) is 59.9 Å². The molecule has 5 heteroatoms. The summed E-state index contributed by atoms with van der Waals surface area (Å²) in [6, 6.07) is 4.61. The highest BCUT2D eigenvalue weighted by molar-refractivity contribution is 9.10. The van der Waals surface area contributed by atoms with E-state index in [1.807, 2.05) is 31.2 Å². The molecule has 0 aliphatic heterocycles. The fourth-order valence-electron chi connectivity index (χ4n) is 2.51. The van der Waals surface area contributed by atoms with Crippen LogP contribution in [0.3, 0.4) is 0 Å². The van der Waals surface area contributed by atoms with Crippen molar-refractivity contribution < 1.29 is 0 Å². The minimum Gasteiger partial charge on any atom is -0.317 e. The first kappa shape index (κ1) is 16.2. The second-order valence-electron chi connectivity index (χ2n) is 5.27. The molecule has 2 heterocycles. The van der Waals surface area contributed by atoms with Crippen molar-refractivity contribution in [3.63, 3.8) is 0 Å². The van der Waals surface area contributed by atoms with Gasteiger partial charge in [0.1, 0.15) is 0 Å². The first-order valence-corrected chi connectivity index (χ1v) is 8.21. The standard InChI is InChI=1S/C16H23BrN4/c1-4-14-16(17)15(21(3)20-14)11-13(18-2)6-5-12-7-9-19-10-8-12/h7-10,13,18H,4-6,11H2,1-3H3. The molecule has 0 aliphatic rings. The first-order valence-electron chi connectivity index (χ1n) is 7.42. The van der Waals surface area contributed by atoms with Gasteiger partial charge in [-0.25, -0.2) is 0 Å². The van der Waals surface area contributed by atoms with Gasteiger partial charge in [0.2, 0.25) is 0 Å². The van der Waals surface area contributed by atoms with Crippen LogP contribution in [-0.2, 0) is 26.3 Å². The normalized spacial score (nSPS) is 12.6. The first-order chi connectivity index (χ1) is 10.2. The third kappa shape index (κ3) is 4.14. The molecule has 4 nitrogen and oxygen atoms in total. The number of halogens is 1. The van der Waals surface area contributed by atoms with Gasteiger partial charge in [0.25, 0.3) is 0 Å². The summed E-state index contributed by atoms with van der Waals surface area (Å²) in [5.41, 5.74) is 3.74. The number of likely N-dealkylation sites (N-methyl/N-ethyl adjacent to an activating group) is 1. The Morgan fingerprint density at radius 3 is 2.62 bits per heavy atom. The molecule has 1 atom stereocenters. The van der Waals surface area contributed by atoms with Gasteiger partial charge in [-0.15, -0.1) is 0 Å². The van der Waals surface area contributed by atoms with E-state index in [4.69, 9.17) is 0 Å². The predicted octanol–water partition coefficient (Wildman–Crippen LogP) is 2.90. The number of hydrogen-bond donors (Lipinski definition) is 1. The van der Waals surface area contributed by atoms with E-state index >= 15 is 0 Å². The summed E-state index contributed by atoms with van der Waals surface area (Å²) in [7, 11) is 4.05. The number of aryl methyl sites for hydroxylation is 3. The van der Waals surface area contributed by atoms with Crippen molar-refractivity contribution in [3.8, 4) is 0 Å². The van der Waals surface area contributed by atoms with Crippen LogP contribution in [-0.4, -0.2) is 27.9 Å². The Labute approximate surface area is 135 Å². The van der Waals surface area contributed by atoms with Crippen molar-refractivity contribution in [2.45, 2.75) is 38.6 Å². The van der Waals surface area contributed by atoms with Crippen LogP contribution in [0.15, 0.2) is 29.0 Å². The summed E-state index contributed by atoms with van der Waals surface area (Å²) in [5, 5.41) is 7.99. The SMILES string of the molecule is CCc1nn(C)c(CC(CCc2ccncc2)NC)c1Br. The molecule has 21 heavy (non-hydrogen) atoms. The van der Waals surface area contributed by atoms with Crippen LogP contribution in [0.25, 0.3) is 0 Å². The van der Waals surface area contributed by atoms with Crippen LogP contribution in [0.4, 0.5) is 0 Å². The quantitative estimate of drug-likeness (QED) is 0.834. The molecule has 2 rings (SSSR count). The molecule has 1 unspecified atom stereocenters. The van der Waals surface area contributed by atoms with Crippen LogP contribution >= 0.6 is 15.9 Å². The summed E-state index contributed by atoms with van der Waals surface area (Å²) in [5.74, 6) is 0. The van der Waals surface area contributed by atoms with E-state index in [0.29, 0.717) is 6.04 Å². The summed E-state index contributed by atoms with van der Waals surface area (Å²) in [4.78, 5) is 4.06. The highest BCUT2D eigenvalue weighted by atomic mass is 79.9. The van der Waals surface area contributed by atoms with Crippen molar-refractivity contribution in [2.75, 3.05) is 7.05 Å². The van der Waals surface area contributed by atoms with E-state index in [9.17, 15) is 0 Å². The van der Waals surface area contributed by atoms with E-state index in [2.05, 4.69) is 50.4 Å². The molecule has 2 aromatic heterocycles. The van der Waals surface area contributed by atoms with Gasteiger partial charge in [0.15, 0.2) is 0 Å². The molecule has 114 valence electrons. The Balaban J connectivity index is 2.01. The van der Waals surface area contributed by atoms with Crippen LogP contribution < -0.4 is 5.32 Å². The molecule has 2 aromatic rings. The molecule has 0 aromatic carbocycles. The van der Waals surface area contributed by atoms with Crippen molar-refractivity contribution in [1.82, 2.24) is 20.1 Å². The van der Waals surface area contributed by atoms with E-state index in [1.165, 1.54) is 11.3 Å². The minimum absolute atomic E-state index is 0.439. The van der Waals surface area contributed by atoms with Gasteiger partial charge < -0.3 is 5.32 Å². The monoisotopic (exact) mass is 350 g/mol. The number of rotatable bonds is 7. The summed E-state index contributed by atoms with van der Waals surface area (Å²) < 4.78 is 3.16. The molecule has 0 amide bonds. The maximum absolute atomic E-state index is 4.57. The Hall–Kier alpha value is -1.20. The van der Waals surface area contributed by atoms with Crippen LogP contribution in [0.1, 0.15) is 30.3 Å². The maximum atomic E-state index is 4.57. The van der Waals surface area contributed by atoms with Crippen LogP contribution in [0, 0.1) is 0 Å². The lowest BCUT2D eigenvalue weighted by atomic mass is 10.0. The number of nitrogens with zero attached hydrogens (tertiary/aromatic N) is 3. The van der Waals surface area contributed by atoms with Gasteiger partial charge in [0, 0.05) is 31.9 Å². The largest absolute Gasteiger partial charge is 0.317 e. The third-order valence-electron chi connectivity index (χ3n) is 3.88. The molecular formula is C16H23BrN4. The predicted molar refractivity (Wildman–Crippen MR) is 89.4 cm³/mol. The van der Waals surface area contributed by atoms with Gasteiger partial charge >= 0.3 is 0 Å². The molecular weight excluding hydrogens is 328 g/mol. The zero-order valence-corrected chi connectivity index (χ0v) is 14.5. The third-order valence-corrected chi connectivity index (χ3v) is 4.80. The average molecular weight is 351 g/mol. The van der Waals surface area contributed by atoms with Gasteiger partial charge in [-0.2, -0.15) is 5.10 Å². The van der Waals surface area contributed by atoms with Crippen LogP contribution in [0.2, 0.25) is 0 Å². The molecule has 0 spiro atoms. The zero-order valence-electron chi connectivity index (χ0n) is 12.9. The summed E-state index contributed by atoms with van der Waals surface area (Å²) in [6.45, 7) is 2.13. The van der Waals surface area contributed by atoms with Gasteiger partial charge in [-0.3, -0.25) is 9.67 Å². The number of nitrogens with one attached hydrogen (secondary N) is 1. The Morgan fingerprint density at radius 1 is 1.33 bits per heavy atom. The van der Waals surface area contributed by atoms with Crippen molar-refractivity contribution in [2.24, 2.45) is 7.05 Å². The zero-order chi connectivity index (χ0) is 15.2. The average Bonchev–Trinajstić information content (AvgIpc) is 2.79. The number of pyridine rings is 1. The van der Waals surface area contributed by atoms with Gasteiger partial charge in [0.05, 0.1) is 15.9 Å². The van der Waals surface area contributed by atoms with E-state index < -0.39 is 0 Å². The fraction of sp³-hybridized carbons (Fsp3) is 0.500. The van der Waals surface area contributed by atoms with E-state index in [0.717, 1.165) is 35.8 Å².